The van der Waals surface area contributed by atoms with Crippen LogP contribution in [-0.4, -0.2) is 10.2 Å². The molecule has 0 spiro atoms. The number of allylic oxidation sites excluding steroid dienone is 2. The minimum atomic E-state index is -3.23. The minimum Gasteiger partial charge on any atom is -0.211 e. The summed E-state index contributed by atoms with van der Waals surface area (Å²) in [6, 6.07) is 0. The van der Waals surface area contributed by atoms with Crippen molar-refractivity contribution in [2.45, 2.75) is 4.83 Å². The Kier molecular flexibility index (Phi) is 3.80. The summed E-state index contributed by atoms with van der Waals surface area (Å²) >= 11 is 4.62. The van der Waals surface area contributed by atoms with Crippen LogP contribution in [0.1, 0.15) is 0 Å². The van der Waals surface area contributed by atoms with Gasteiger partial charge in [0.1, 0.15) is 5.83 Å². The van der Waals surface area contributed by atoms with Crippen LogP contribution in [0.15, 0.2) is 11.9 Å². The van der Waals surface area contributed by atoms with Gasteiger partial charge in [-0.3, -0.25) is 0 Å². The Hall–Kier alpha value is 0.490. The summed E-state index contributed by atoms with van der Waals surface area (Å²) in [6.07, 6.45) is 0.196. The van der Waals surface area contributed by atoms with Gasteiger partial charge >= 0.3 is 4.83 Å². The average molecular weight is 268 g/mol. The molecule has 9 heavy (non-hydrogen) atoms. The fourth-order valence-corrected chi connectivity index (χ4v) is 0.626. The molecule has 0 aromatic heterocycles. The van der Waals surface area contributed by atoms with Gasteiger partial charge in [0.2, 0.25) is 0 Å². The highest BCUT2D eigenvalue weighted by Gasteiger charge is 2.20. The topological polar surface area (TPSA) is 0 Å². The van der Waals surface area contributed by atoms with Gasteiger partial charge < -0.3 is 0 Å². The SMILES string of the molecule is F/C(=C/C(F)(F)Br)CBr. The third-order valence-corrected chi connectivity index (χ3v) is 1.21. The van der Waals surface area contributed by atoms with Crippen molar-refractivity contribution in [3.8, 4) is 0 Å². The molecule has 5 heteroatoms. The molecular formula is C4H3Br2F3. The Balaban J connectivity index is 3.95. The van der Waals surface area contributed by atoms with Gasteiger partial charge in [-0.25, -0.2) is 4.39 Å². The fraction of sp³-hybridized carbons (Fsp3) is 0.500. The molecule has 0 bridgehead atoms. The summed E-state index contributed by atoms with van der Waals surface area (Å²) in [7, 11) is 0. The van der Waals surface area contributed by atoms with Crippen LogP contribution in [-0.2, 0) is 0 Å². The van der Waals surface area contributed by atoms with Crippen molar-refractivity contribution in [3.63, 3.8) is 0 Å². The molecule has 0 aliphatic heterocycles. The van der Waals surface area contributed by atoms with Gasteiger partial charge in [0, 0.05) is 6.08 Å². The molecule has 0 aromatic rings. The quantitative estimate of drug-likeness (QED) is 0.674. The van der Waals surface area contributed by atoms with Gasteiger partial charge in [-0.1, -0.05) is 15.9 Å². The molecule has 0 saturated heterocycles. The van der Waals surface area contributed by atoms with E-state index in [-0.39, 0.29) is 11.4 Å². The fourth-order valence-electron chi connectivity index (χ4n) is 0.216. The van der Waals surface area contributed by atoms with Crippen LogP contribution in [0.25, 0.3) is 0 Å². The molecule has 0 aliphatic rings. The number of rotatable bonds is 2. The van der Waals surface area contributed by atoms with Crippen LogP contribution in [0, 0.1) is 0 Å². The largest absolute Gasteiger partial charge is 0.322 e. The van der Waals surface area contributed by atoms with Gasteiger partial charge in [0.15, 0.2) is 0 Å². The molecule has 0 radical (unpaired) electrons. The first kappa shape index (κ1) is 9.49. The van der Waals surface area contributed by atoms with E-state index in [1.807, 2.05) is 15.9 Å². The zero-order chi connectivity index (χ0) is 7.49. The Labute approximate surface area is 67.4 Å². The lowest BCUT2D eigenvalue weighted by atomic mass is 10.5. The van der Waals surface area contributed by atoms with Crippen LogP contribution in [0.2, 0.25) is 0 Å². The molecule has 0 atom stereocenters. The third-order valence-electron chi connectivity index (χ3n) is 0.448. The van der Waals surface area contributed by atoms with Crippen molar-refractivity contribution in [1.29, 1.82) is 0 Å². The molecule has 0 rings (SSSR count). The van der Waals surface area contributed by atoms with Crippen molar-refractivity contribution in [1.82, 2.24) is 0 Å². The lowest BCUT2D eigenvalue weighted by Crippen LogP contribution is -1.99. The number of halogens is 5. The maximum Gasteiger partial charge on any atom is 0.322 e. The van der Waals surface area contributed by atoms with E-state index < -0.39 is 10.7 Å². The zero-order valence-corrected chi connectivity index (χ0v) is 7.35. The summed E-state index contributed by atoms with van der Waals surface area (Å²) in [5.41, 5.74) is 0. The predicted octanol–water partition coefficient (Wildman–Crippen LogP) is 3.22. The highest BCUT2D eigenvalue weighted by molar-refractivity contribution is 9.10. The van der Waals surface area contributed by atoms with Crippen molar-refractivity contribution >= 4 is 31.9 Å². The summed E-state index contributed by atoms with van der Waals surface area (Å²) in [4.78, 5) is -3.23. The van der Waals surface area contributed by atoms with E-state index in [2.05, 4.69) is 15.9 Å². The van der Waals surface area contributed by atoms with E-state index in [1.54, 1.807) is 0 Å². The smallest absolute Gasteiger partial charge is 0.211 e. The molecule has 54 valence electrons. The van der Waals surface area contributed by atoms with E-state index in [4.69, 9.17) is 0 Å². The molecular weight excluding hydrogens is 265 g/mol. The molecule has 0 unspecified atom stereocenters. The molecule has 0 fully saturated rings. The van der Waals surface area contributed by atoms with Crippen LogP contribution in [0.4, 0.5) is 13.2 Å². The zero-order valence-electron chi connectivity index (χ0n) is 4.17. The first-order chi connectivity index (χ1) is 3.95. The van der Waals surface area contributed by atoms with Crippen molar-refractivity contribution in [2.24, 2.45) is 0 Å². The second kappa shape index (κ2) is 3.61. The second-order valence-electron chi connectivity index (χ2n) is 1.27. The maximum atomic E-state index is 11.9. The van der Waals surface area contributed by atoms with E-state index in [0.717, 1.165) is 0 Å². The van der Waals surface area contributed by atoms with E-state index >= 15 is 0 Å². The molecule has 0 heterocycles. The van der Waals surface area contributed by atoms with Gasteiger partial charge in [-0.2, -0.15) is 8.78 Å². The van der Waals surface area contributed by atoms with Gasteiger partial charge in [-0.05, 0) is 15.9 Å². The molecule has 0 aliphatic carbocycles. The highest BCUT2D eigenvalue weighted by atomic mass is 79.9. The third kappa shape index (κ3) is 6.37. The van der Waals surface area contributed by atoms with E-state index in [1.165, 1.54) is 0 Å². The summed E-state index contributed by atoms with van der Waals surface area (Å²) in [5.74, 6) is -0.892. The average Bonchev–Trinajstić information content (AvgIpc) is 1.62. The predicted molar refractivity (Wildman–Crippen MR) is 36.9 cm³/mol. The molecule has 0 amide bonds. The summed E-state index contributed by atoms with van der Waals surface area (Å²) in [6.45, 7) is 0. The lowest BCUT2D eigenvalue weighted by Gasteiger charge is -1.99. The Morgan fingerprint density at radius 2 is 2.00 bits per heavy atom. The van der Waals surface area contributed by atoms with Crippen molar-refractivity contribution in [2.75, 3.05) is 5.33 Å². The number of hydrogen-bond acceptors (Lipinski definition) is 0. The summed E-state index contributed by atoms with van der Waals surface area (Å²) < 4.78 is 35.4. The Morgan fingerprint density at radius 1 is 1.56 bits per heavy atom. The van der Waals surface area contributed by atoms with Gasteiger partial charge in [-0.15, -0.1) is 0 Å². The lowest BCUT2D eigenvalue weighted by molar-refractivity contribution is 0.168. The number of hydrogen-bond donors (Lipinski definition) is 0. The molecule has 0 aromatic carbocycles. The number of alkyl halides is 4. The first-order valence-corrected chi connectivity index (χ1v) is 3.87. The normalized spacial score (nSPS) is 14.1. The Bertz CT molecular complexity index is 115. The standard InChI is InChI=1S/C4H3Br2F3/c5-2-3(7)1-4(6,8)9/h1H,2H2/b3-1+. The van der Waals surface area contributed by atoms with Crippen LogP contribution < -0.4 is 0 Å². The van der Waals surface area contributed by atoms with Crippen LogP contribution in [0.5, 0.6) is 0 Å². The van der Waals surface area contributed by atoms with Crippen LogP contribution in [0.3, 0.4) is 0 Å². The van der Waals surface area contributed by atoms with Gasteiger partial charge in [0.25, 0.3) is 0 Å². The van der Waals surface area contributed by atoms with Crippen molar-refractivity contribution in [3.05, 3.63) is 11.9 Å². The van der Waals surface area contributed by atoms with Crippen molar-refractivity contribution < 1.29 is 13.2 Å². The maximum absolute atomic E-state index is 11.9. The first-order valence-electron chi connectivity index (χ1n) is 1.95. The monoisotopic (exact) mass is 266 g/mol. The molecule has 0 saturated carbocycles. The Morgan fingerprint density at radius 3 is 2.11 bits per heavy atom. The van der Waals surface area contributed by atoms with E-state index in [9.17, 15) is 13.2 Å². The van der Waals surface area contributed by atoms with E-state index in [0.29, 0.717) is 0 Å². The van der Waals surface area contributed by atoms with Gasteiger partial charge in [0.05, 0.1) is 5.33 Å². The second-order valence-corrected chi connectivity index (χ2v) is 2.88. The molecule has 0 nitrogen and oxygen atoms in total. The molecule has 0 N–H and O–H groups in total. The summed E-state index contributed by atoms with van der Waals surface area (Å²) in [5, 5.41) is -0.186. The highest BCUT2D eigenvalue weighted by Crippen LogP contribution is 2.25. The minimum absolute atomic E-state index is 0.186. The van der Waals surface area contributed by atoms with Crippen LogP contribution >= 0.6 is 31.9 Å².